The Kier molecular flexibility index (Phi) is 4.50. The number of hydrogen-bond donors (Lipinski definition) is 0. The minimum atomic E-state index is -0.765. The van der Waals surface area contributed by atoms with Crippen molar-refractivity contribution in [1.29, 1.82) is 0 Å². The van der Waals surface area contributed by atoms with Crippen LogP contribution in [-0.2, 0) is 14.9 Å². The summed E-state index contributed by atoms with van der Waals surface area (Å²) in [4.78, 5) is 25.6. The second-order valence-corrected chi connectivity index (χ2v) is 8.23. The maximum Gasteiger partial charge on any atom is 0.315 e. The molecule has 0 aliphatic heterocycles. The van der Waals surface area contributed by atoms with Gasteiger partial charge in [0, 0.05) is 11.0 Å². The fourth-order valence-corrected chi connectivity index (χ4v) is 4.80. The Morgan fingerprint density at radius 1 is 1.15 bits per heavy atom. The van der Waals surface area contributed by atoms with E-state index >= 15 is 0 Å². The fraction of sp³-hybridized carbons (Fsp3) is 0.545. The van der Waals surface area contributed by atoms with E-state index in [-0.39, 0.29) is 23.1 Å². The van der Waals surface area contributed by atoms with E-state index in [1.807, 2.05) is 19.1 Å². The zero-order valence-electron chi connectivity index (χ0n) is 16.6. The van der Waals surface area contributed by atoms with Gasteiger partial charge in [0.1, 0.15) is 5.75 Å². The Morgan fingerprint density at radius 3 is 2.42 bits per heavy atom. The van der Waals surface area contributed by atoms with Crippen molar-refractivity contribution in [3.63, 3.8) is 0 Å². The molecule has 0 amide bonds. The molecule has 0 heterocycles. The van der Waals surface area contributed by atoms with E-state index in [0.29, 0.717) is 6.42 Å². The third-order valence-electron chi connectivity index (χ3n) is 6.31. The Labute approximate surface area is 155 Å². The zero-order valence-corrected chi connectivity index (χ0v) is 16.6. The number of ether oxygens (including phenoxy) is 2. The summed E-state index contributed by atoms with van der Waals surface area (Å²) in [6, 6.07) is 3.99. The minimum absolute atomic E-state index is 0.0333. The van der Waals surface area contributed by atoms with Gasteiger partial charge in [-0.3, -0.25) is 9.59 Å². The summed E-state index contributed by atoms with van der Waals surface area (Å²) in [5.74, 6) is 0.762. The van der Waals surface area contributed by atoms with Crippen molar-refractivity contribution in [1.82, 2.24) is 0 Å². The highest BCUT2D eigenvalue weighted by atomic mass is 16.5. The monoisotopic (exact) mass is 356 g/mol. The van der Waals surface area contributed by atoms with Gasteiger partial charge < -0.3 is 9.47 Å². The fourth-order valence-electron chi connectivity index (χ4n) is 4.80. The summed E-state index contributed by atoms with van der Waals surface area (Å²) in [6.07, 6.45) is 4.19. The number of carbonyl (C=O) groups excluding carboxylic acids is 2. The van der Waals surface area contributed by atoms with E-state index < -0.39 is 5.41 Å². The van der Waals surface area contributed by atoms with Gasteiger partial charge in [0.2, 0.25) is 0 Å². The van der Waals surface area contributed by atoms with Gasteiger partial charge in [0.15, 0.2) is 5.78 Å². The average molecular weight is 356 g/mol. The van der Waals surface area contributed by atoms with Gasteiger partial charge >= 0.3 is 5.97 Å². The maximum absolute atomic E-state index is 13.0. The van der Waals surface area contributed by atoms with E-state index in [1.165, 1.54) is 7.11 Å². The van der Waals surface area contributed by atoms with Crippen molar-refractivity contribution >= 4 is 11.8 Å². The number of benzene rings is 1. The Balaban J connectivity index is 2.25. The lowest BCUT2D eigenvalue weighted by molar-refractivity contribution is -0.151. The summed E-state index contributed by atoms with van der Waals surface area (Å²) < 4.78 is 10.7. The molecule has 0 spiro atoms. The molecule has 0 radical (unpaired) electrons. The van der Waals surface area contributed by atoms with Crippen LogP contribution in [0.3, 0.4) is 0 Å². The minimum Gasteiger partial charge on any atom is -0.496 e. The molecule has 1 aromatic carbocycles. The van der Waals surface area contributed by atoms with Crippen molar-refractivity contribution in [3.05, 3.63) is 40.5 Å². The molecule has 1 aromatic rings. The SMILES string of the molecule is COC(=O)C1(C)CCCC2(C)C1=CC(=O)c1cc(C(C)C)c(OC)cc12. The molecule has 0 bridgehead atoms. The maximum atomic E-state index is 13.0. The smallest absolute Gasteiger partial charge is 0.315 e. The van der Waals surface area contributed by atoms with Crippen LogP contribution >= 0.6 is 0 Å². The molecular formula is C22H28O4. The van der Waals surface area contributed by atoms with E-state index in [2.05, 4.69) is 20.8 Å². The third kappa shape index (κ3) is 2.50. The highest BCUT2D eigenvalue weighted by Gasteiger charge is 2.52. The number of carbonyl (C=O) groups is 2. The normalized spacial score (nSPS) is 27.5. The predicted molar refractivity (Wildman–Crippen MR) is 101 cm³/mol. The lowest BCUT2D eigenvalue weighted by Gasteiger charge is -2.48. The molecule has 2 unspecified atom stereocenters. The molecule has 0 N–H and O–H groups in total. The summed E-state index contributed by atoms with van der Waals surface area (Å²) in [5.41, 5.74) is 2.48. The van der Waals surface area contributed by atoms with E-state index in [4.69, 9.17) is 9.47 Å². The van der Waals surface area contributed by atoms with Crippen molar-refractivity contribution in [3.8, 4) is 5.75 Å². The Bertz CT molecular complexity index is 805. The molecule has 4 heteroatoms. The number of esters is 1. The van der Waals surface area contributed by atoms with Gasteiger partial charge in [-0.1, -0.05) is 27.2 Å². The Morgan fingerprint density at radius 2 is 1.85 bits per heavy atom. The quantitative estimate of drug-likeness (QED) is 0.745. The van der Waals surface area contributed by atoms with E-state index in [9.17, 15) is 9.59 Å². The first kappa shape index (κ1) is 18.7. The molecule has 26 heavy (non-hydrogen) atoms. The van der Waals surface area contributed by atoms with Gasteiger partial charge in [-0.05, 0) is 60.6 Å². The number of allylic oxidation sites excluding steroid dienone is 1. The largest absolute Gasteiger partial charge is 0.496 e. The van der Waals surface area contributed by atoms with Crippen LogP contribution in [0.5, 0.6) is 5.75 Å². The molecule has 0 aromatic heterocycles. The molecule has 2 aliphatic carbocycles. The lowest BCUT2D eigenvalue weighted by Crippen LogP contribution is -2.46. The van der Waals surface area contributed by atoms with Crippen molar-refractivity contribution in [2.45, 2.75) is 58.3 Å². The van der Waals surface area contributed by atoms with E-state index in [1.54, 1.807) is 13.2 Å². The second kappa shape index (κ2) is 6.26. The van der Waals surface area contributed by atoms with Gasteiger partial charge in [0.05, 0.1) is 19.6 Å². The molecular weight excluding hydrogens is 328 g/mol. The lowest BCUT2D eigenvalue weighted by atomic mass is 9.54. The van der Waals surface area contributed by atoms with Crippen LogP contribution in [0.2, 0.25) is 0 Å². The van der Waals surface area contributed by atoms with Crippen LogP contribution < -0.4 is 4.74 Å². The Hall–Kier alpha value is -2.10. The number of rotatable bonds is 3. The highest BCUT2D eigenvalue weighted by Crippen LogP contribution is 2.56. The molecule has 0 saturated heterocycles. The van der Waals surface area contributed by atoms with Crippen LogP contribution in [0.1, 0.15) is 74.4 Å². The van der Waals surface area contributed by atoms with Crippen LogP contribution in [0.15, 0.2) is 23.8 Å². The molecule has 140 valence electrons. The summed E-state index contributed by atoms with van der Waals surface area (Å²) >= 11 is 0. The molecule has 2 atom stereocenters. The number of ketones is 1. The van der Waals surface area contributed by atoms with Crippen molar-refractivity contribution < 1.29 is 19.1 Å². The summed E-state index contributed by atoms with van der Waals surface area (Å²) in [7, 11) is 3.08. The van der Waals surface area contributed by atoms with E-state index in [0.717, 1.165) is 40.9 Å². The van der Waals surface area contributed by atoms with Crippen LogP contribution in [0.25, 0.3) is 0 Å². The first-order valence-electron chi connectivity index (χ1n) is 9.27. The van der Waals surface area contributed by atoms with Gasteiger partial charge in [-0.2, -0.15) is 0 Å². The highest BCUT2D eigenvalue weighted by molar-refractivity contribution is 6.09. The second-order valence-electron chi connectivity index (χ2n) is 8.23. The van der Waals surface area contributed by atoms with Gasteiger partial charge in [0.25, 0.3) is 0 Å². The average Bonchev–Trinajstić information content (AvgIpc) is 2.62. The molecule has 1 saturated carbocycles. The molecule has 1 fully saturated rings. The zero-order chi connectivity index (χ0) is 19.3. The molecule has 4 nitrogen and oxygen atoms in total. The third-order valence-corrected chi connectivity index (χ3v) is 6.31. The van der Waals surface area contributed by atoms with Crippen LogP contribution in [0.4, 0.5) is 0 Å². The van der Waals surface area contributed by atoms with Crippen LogP contribution in [0, 0.1) is 5.41 Å². The number of methoxy groups -OCH3 is 2. The van der Waals surface area contributed by atoms with Gasteiger partial charge in [-0.25, -0.2) is 0 Å². The first-order chi connectivity index (χ1) is 12.2. The molecule has 2 aliphatic rings. The van der Waals surface area contributed by atoms with Crippen molar-refractivity contribution in [2.24, 2.45) is 5.41 Å². The van der Waals surface area contributed by atoms with Crippen LogP contribution in [-0.4, -0.2) is 26.0 Å². The topological polar surface area (TPSA) is 52.6 Å². The van der Waals surface area contributed by atoms with Gasteiger partial charge in [-0.15, -0.1) is 0 Å². The number of hydrogen-bond acceptors (Lipinski definition) is 4. The molecule has 3 rings (SSSR count). The summed E-state index contributed by atoms with van der Waals surface area (Å²) in [6.45, 7) is 8.23. The standard InChI is InChI=1S/C22H28O4/c1-13(2)14-10-15-16(11-18(14)25-5)21(3)8-7-9-22(4,20(24)26-6)19(21)12-17(15)23/h10-13H,7-9H2,1-6H3. The predicted octanol–water partition coefficient (Wildman–Crippen LogP) is 4.56. The summed E-state index contributed by atoms with van der Waals surface area (Å²) in [5, 5.41) is 0. The number of fused-ring (bicyclic) bond motifs is 3. The first-order valence-corrected chi connectivity index (χ1v) is 9.27. The van der Waals surface area contributed by atoms with Crippen molar-refractivity contribution in [2.75, 3.05) is 14.2 Å².